The number of hydrogen-bond acceptors (Lipinski definition) is 1. The fourth-order valence-corrected chi connectivity index (χ4v) is 1.33. The predicted octanol–water partition coefficient (Wildman–Crippen LogP) is 2.84. The number of aryl methyl sites for hydroxylation is 1. The Kier molecular flexibility index (Phi) is 3.66. The van der Waals surface area contributed by atoms with Gasteiger partial charge in [0.2, 0.25) is 0 Å². The number of halogens is 3. The molecule has 0 unspecified atom stereocenters. The monoisotopic (exact) mass is 217 g/mol. The fraction of sp³-hybridized carbons (Fsp3) is 0.400. The van der Waals surface area contributed by atoms with Crippen molar-refractivity contribution in [2.75, 3.05) is 6.61 Å². The van der Waals surface area contributed by atoms with Crippen LogP contribution in [0.1, 0.15) is 18.9 Å². The molecule has 0 radical (unpaired) electrons. The summed E-state index contributed by atoms with van der Waals surface area (Å²) < 4.78 is 42.6. The molecule has 0 saturated carbocycles. The van der Waals surface area contributed by atoms with Crippen LogP contribution >= 0.6 is 0 Å². The van der Waals surface area contributed by atoms with Gasteiger partial charge in [0.05, 0.1) is 6.61 Å². The number of ether oxygens (including phenoxy) is 1. The van der Waals surface area contributed by atoms with E-state index in [2.05, 4.69) is 0 Å². The van der Waals surface area contributed by atoms with E-state index in [-0.39, 0.29) is 5.56 Å². The highest BCUT2D eigenvalue weighted by Crippen LogP contribution is 2.17. The minimum absolute atomic E-state index is 0.219. The molecule has 0 aromatic heterocycles. The van der Waals surface area contributed by atoms with E-state index in [1.165, 1.54) is 19.1 Å². The zero-order chi connectivity index (χ0) is 11.5. The van der Waals surface area contributed by atoms with E-state index in [4.69, 9.17) is 4.74 Å². The van der Waals surface area contributed by atoms with Gasteiger partial charge in [-0.15, -0.1) is 5.46 Å². The summed E-state index contributed by atoms with van der Waals surface area (Å²) in [4.78, 5) is 0. The van der Waals surface area contributed by atoms with Gasteiger partial charge < -0.3 is 17.7 Å². The molecule has 0 bridgehead atoms. The van der Waals surface area contributed by atoms with E-state index < -0.39 is 12.4 Å². The van der Waals surface area contributed by atoms with Crippen molar-refractivity contribution in [3.05, 3.63) is 23.8 Å². The fourth-order valence-electron chi connectivity index (χ4n) is 1.33. The second kappa shape index (κ2) is 4.60. The maximum atomic E-state index is 12.5. The van der Waals surface area contributed by atoms with Crippen molar-refractivity contribution in [1.82, 2.24) is 0 Å². The van der Waals surface area contributed by atoms with Crippen LogP contribution in [-0.4, -0.2) is 13.6 Å². The third-order valence-electron chi connectivity index (χ3n) is 2.07. The first-order chi connectivity index (χ1) is 6.95. The standard InChI is InChI=1S/C10H13BF3O/c1-3-6-15-9-4-5-10(8(2)7-9)11(12,13)14/h4-5,7H,3,6H2,1-2H3/q-1. The Hall–Kier alpha value is -1.13. The van der Waals surface area contributed by atoms with Crippen molar-refractivity contribution >= 4 is 12.4 Å². The van der Waals surface area contributed by atoms with Crippen molar-refractivity contribution in [3.8, 4) is 5.75 Å². The summed E-state index contributed by atoms with van der Waals surface area (Å²) in [6.07, 6.45) is 0.837. The lowest BCUT2D eigenvalue weighted by Gasteiger charge is -2.18. The lowest BCUT2D eigenvalue weighted by atomic mass is 9.77. The Labute approximate surface area is 87.3 Å². The quantitative estimate of drug-likeness (QED) is 0.704. The van der Waals surface area contributed by atoms with Gasteiger partial charge in [0.15, 0.2) is 0 Å². The van der Waals surface area contributed by atoms with E-state index in [9.17, 15) is 12.9 Å². The molecule has 15 heavy (non-hydrogen) atoms. The third-order valence-corrected chi connectivity index (χ3v) is 2.07. The molecular weight excluding hydrogens is 204 g/mol. The molecule has 5 heteroatoms. The van der Waals surface area contributed by atoms with Crippen LogP contribution in [0.25, 0.3) is 0 Å². The van der Waals surface area contributed by atoms with Gasteiger partial charge in [-0.2, -0.15) is 0 Å². The largest absolute Gasteiger partial charge is 0.509 e. The van der Waals surface area contributed by atoms with Crippen molar-refractivity contribution in [1.29, 1.82) is 0 Å². The summed E-state index contributed by atoms with van der Waals surface area (Å²) in [5.74, 6) is 0.498. The highest BCUT2D eigenvalue weighted by molar-refractivity contribution is 6.74. The molecule has 0 amide bonds. The minimum Gasteiger partial charge on any atom is -0.494 e. The second-order valence-corrected chi connectivity index (χ2v) is 3.44. The Balaban J connectivity index is 2.89. The van der Waals surface area contributed by atoms with Gasteiger partial charge >= 0.3 is 6.98 Å². The highest BCUT2D eigenvalue weighted by atomic mass is 19.4. The Morgan fingerprint density at radius 1 is 1.27 bits per heavy atom. The minimum atomic E-state index is -4.92. The molecule has 0 spiro atoms. The Morgan fingerprint density at radius 2 is 1.93 bits per heavy atom. The first kappa shape index (κ1) is 11.9. The maximum Gasteiger partial charge on any atom is 0.509 e. The van der Waals surface area contributed by atoms with Gasteiger partial charge in [-0.25, -0.2) is 0 Å². The zero-order valence-electron chi connectivity index (χ0n) is 8.77. The van der Waals surface area contributed by atoms with Gasteiger partial charge in [0.25, 0.3) is 0 Å². The molecule has 0 atom stereocenters. The molecular formula is C10H13BF3O-. The maximum absolute atomic E-state index is 12.5. The summed E-state index contributed by atoms with van der Waals surface area (Å²) in [5.41, 5.74) is -0.324. The molecule has 1 rings (SSSR count). The molecule has 0 N–H and O–H groups in total. The summed E-state index contributed by atoms with van der Waals surface area (Å²) in [5, 5.41) is 0. The van der Waals surface area contributed by atoms with Gasteiger partial charge in [-0.1, -0.05) is 18.6 Å². The summed E-state index contributed by atoms with van der Waals surface area (Å²) >= 11 is 0. The summed E-state index contributed by atoms with van der Waals surface area (Å²) in [7, 11) is 0. The van der Waals surface area contributed by atoms with Crippen LogP contribution in [-0.2, 0) is 0 Å². The molecule has 0 heterocycles. The average molecular weight is 217 g/mol. The molecule has 1 nitrogen and oxygen atoms in total. The molecule has 0 aliphatic heterocycles. The molecule has 84 valence electrons. The summed E-state index contributed by atoms with van der Waals surface area (Å²) in [6.45, 7) is -1.000. The van der Waals surface area contributed by atoms with Crippen molar-refractivity contribution < 1.29 is 17.7 Å². The van der Waals surface area contributed by atoms with Crippen molar-refractivity contribution in [2.45, 2.75) is 20.3 Å². The number of hydrogen-bond donors (Lipinski definition) is 0. The normalized spacial score (nSPS) is 11.5. The van der Waals surface area contributed by atoms with Crippen LogP contribution in [0.3, 0.4) is 0 Å². The van der Waals surface area contributed by atoms with Crippen LogP contribution in [0.5, 0.6) is 5.75 Å². The first-order valence-electron chi connectivity index (χ1n) is 4.88. The van der Waals surface area contributed by atoms with Crippen LogP contribution < -0.4 is 10.2 Å². The van der Waals surface area contributed by atoms with Gasteiger partial charge in [-0.05, 0) is 25.5 Å². The van der Waals surface area contributed by atoms with Crippen LogP contribution in [0.4, 0.5) is 12.9 Å². The molecule has 0 saturated heterocycles. The molecule has 1 aromatic rings. The van der Waals surface area contributed by atoms with Crippen LogP contribution in [0.15, 0.2) is 18.2 Å². The van der Waals surface area contributed by atoms with Gasteiger partial charge in [0, 0.05) is 0 Å². The van der Waals surface area contributed by atoms with Crippen molar-refractivity contribution in [2.24, 2.45) is 0 Å². The average Bonchev–Trinajstić information content (AvgIpc) is 2.12. The van der Waals surface area contributed by atoms with E-state index in [0.717, 1.165) is 12.5 Å². The van der Waals surface area contributed by atoms with Crippen LogP contribution in [0.2, 0.25) is 0 Å². The van der Waals surface area contributed by atoms with Gasteiger partial charge in [-0.3, -0.25) is 0 Å². The lowest BCUT2D eigenvalue weighted by molar-refractivity contribution is 0.317. The van der Waals surface area contributed by atoms with E-state index >= 15 is 0 Å². The Bertz CT molecular complexity index is 336. The lowest BCUT2D eigenvalue weighted by Crippen LogP contribution is -2.35. The predicted molar refractivity (Wildman–Crippen MR) is 55.7 cm³/mol. The van der Waals surface area contributed by atoms with E-state index in [1.54, 1.807) is 0 Å². The zero-order valence-corrected chi connectivity index (χ0v) is 8.77. The second-order valence-electron chi connectivity index (χ2n) is 3.44. The van der Waals surface area contributed by atoms with Gasteiger partial charge in [0.1, 0.15) is 5.75 Å². The first-order valence-corrected chi connectivity index (χ1v) is 4.88. The smallest absolute Gasteiger partial charge is 0.494 e. The SMILES string of the molecule is CCCOc1ccc([B-](F)(F)F)c(C)c1. The van der Waals surface area contributed by atoms with Crippen molar-refractivity contribution in [3.63, 3.8) is 0 Å². The molecule has 0 aliphatic rings. The molecule has 0 aliphatic carbocycles. The molecule has 0 fully saturated rings. The topological polar surface area (TPSA) is 9.23 Å². The van der Waals surface area contributed by atoms with Crippen LogP contribution in [0, 0.1) is 6.92 Å². The third kappa shape index (κ3) is 3.18. The molecule has 1 aromatic carbocycles. The number of rotatable bonds is 4. The number of benzene rings is 1. The van der Waals surface area contributed by atoms with E-state index in [0.29, 0.717) is 12.4 Å². The van der Waals surface area contributed by atoms with E-state index in [1.807, 2.05) is 6.92 Å². The highest BCUT2D eigenvalue weighted by Gasteiger charge is 2.27. The Morgan fingerprint density at radius 3 is 2.40 bits per heavy atom. The summed E-state index contributed by atoms with van der Waals surface area (Å²) in [6, 6.07) is 3.88.